The van der Waals surface area contributed by atoms with Crippen LogP contribution in [0.3, 0.4) is 0 Å². The molecule has 0 radical (unpaired) electrons. The van der Waals surface area contributed by atoms with Gasteiger partial charge in [-0.05, 0) is 41.1 Å². The van der Waals surface area contributed by atoms with Crippen LogP contribution in [0.15, 0.2) is 51.1 Å². The number of hydrogen-bond acceptors (Lipinski definition) is 8. The summed E-state index contributed by atoms with van der Waals surface area (Å²) in [6.07, 6.45) is 0. The quantitative estimate of drug-likeness (QED) is 0.392. The first-order valence-electron chi connectivity index (χ1n) is 8.71. The van der Waals surface area contributed by atoms with Crippen molar-refractivity contribution >= 4 is 60.6 Å². The standard InChI is InChI=1S/C20H13BrN6O2S/c1-10-17(30-20(23-10)24-12-6-4-3-5-7-12)26-25-16-11(9-22)8-13-14(15(16)21)19(29)27(2)18(13)28/h3-8H,1-2H3,(H,23,24)/b26-25+. The number of halogens is 1. The summed E-state index contributed by atoms with van der Waals surface area (Å²) in [5, 5.41) is 22.4. The van der Waals surface area contributed by atoms with Gasteiger partial charge in [-0.1, -0.05) is 29.5 Å². The van der Waals surface area contributed by atoms with Crippen LogP contribution in [0.2, 0.25) is 0 Å². The molecule has 0 aliphatic carbocycles. The molecule has 2 heterocycles. The van der Waals surface area contributed by atoms with Crippen molar-refractivity contribution in [2.75, 3.05) is 12.4 Å². The summed E-state index contributed by atoms with van der Waals surface area (Å²) >= 11 is 4.64. The lowest BCUT2D eigenvalue weighted by atomic mass is 10.0. The highest BCUT2D eigenvalue weighted by atomic mass is 79.9. The molecule has 3 aromatic rings. The van der Waals surface area contributed by atoms with E-state index in [9.17, 15) is 14.9 Å². The second-order valence-corrected chi connectivity index (χ2v) is 8.16. The topological polar surface area (TPSA) is 111 Å². The summed E-state index contributed by atoms with van der Waals surface area (Å²) in [6, 6.07) is 13.0. The Morgan fingerprint density at radius 3 is 2.63 bits per heavy atom. The van der Waals surface area contributed by atoms with Gasteiger partial charge in [0, 0.05) is 12.7 Å². The number of nitrogens with zero attached hydrogens (tertiary/aromatic N) is 5. The average molecular weight is 481 g/mol. The van der Waals surface area contributed by atoms with Crippen molar-refractivity contribution in [3.63, 3.8) is 0 Å². The number of anilines is 2. The van der Waals surface area contributed by atoms with Gasteiger partial charge in [-0.3, -0.25) is 14.5 Å². The molecule has 0 saturated heterocycles. The Kier molecular flexibility index (Phi) is 5.15. The minimum atomic E-state index is -0.453. The molecule has 2 aromatic carbocycles. The minimum Gasteiger partial charge on any atom is -0.331 e. The maximum atomic E-state index is 12.4. The molecule has 1 N–H and O–H groups in total. The Bertz CT molecular complexity index is 1260. The highest BCUT2D eigenvalue weighted by molar-refractivity contribution is 9.10. The van der Waals surface area contributed by atoms with Crippen LogP contribution in [0, 0.1) is 18.3 Å². The third kappa shape index (κ3) is 3.38. The molecular weight excluding hydrogens is 468 g/mol. The SMILES string of the molecule is Cc1nc(Nc2ccccc2)sc1/N=N/c1c(C#N)cc2c(c1Br)C(=O)N(C)C2=O. The van der Waals surface area contributed by atoms with Crippen LogP contribution in [0.4, 0.5) is 21.5 Å². The van der Waals surface area contributed by atoms with E-state index in [1.165, 1.54) is 24.5 Å². The van der Waals surface area contributed by atoms with Gasteiger partial charge in [0.1, 0.15) is 11.8 Å². The number of azo groups is 1. The summed E-state index contributed by atoms with van der Waals surface area (Å²) in [4.78, 5) is 30.1. The number of benzene rings is 2. The third-order valence-corrected chi connectivity index (χ3v) is 6.18. The van der Waals surface area contributed by atoms with Crippen molar-refractivity contribution in [1.29, 1.82) is 5.26 Å². The molecule has 0 fully saturated rings. The highest BCUT2D eigenvalue weighted by Gasteiger charge is 2.37. The van der Waals surface area contributed by atoms with Gasteiger partial charge in [-0.25, -0.2) is 4.98 Å². The first-order valence-corrected chi connectivity index (χ1v) is 10.3. The summed E-state index contributed by atoms with van der Waals surface area (Å²) in [5.41, 5.74) is 2.26. The Morgan fingerprint density at radius 1 is 1.20 bits per heavy atom. The number of fused-ring (bicyclic) bond motifs is 1. The zero-order valence-corrected chi connectivity index (χ0v) is 18.2. The molecule has 1 aromatic heterocycles. The van der Waals surface area contributed by atoms with Crippen LogP contribution in [0.5, 0.6) is 0 Å². The van der Waals surface area contributed by atoms with Crippen LogP contribution in [-0.4, -0.2) is 28.7 Å². The molecule has 8 nitrogen and oxygen atoms in total. The van der Waals surface area contributed by atoms with Gasteiger partial charge < -0.3 is 5.32 Å². The number of carbonyl (C=O) groups excluding carboxylic acids is 2. The third-order valence-electron chi connectivity index (χ3n) is 4.45. The molecular formula is C20H13BrN6O2S. The predicted octanol–water partition coefficient (Wildman–Crippen LogP) is 5.47. The van der Waals surface area contributed by atoms with E-state index in [-0.39, 0.29) is 26.9 Å². The monoisotopic (exact) mass is 480 g/mol. The number of aryl methyl sites for hydroxylation is 1. The number of nitrogens with one attached hydrogen (secondary N) is 1. The second-order valence-electron chi connectivity index (χ2n) is 6.39. The van der Waals surface area contributed by atoms with Crippen LogP contribution in [0.25, 0.3) is 0 Å². The van der Waals surface area contributed by atoms with E-state index >= 15 is 0 Å². The van der Waals surface area contributed by atoms with E-state index in [4.69, 9.17) is 0 Å². The largest absolute Gasteiger partial charge is 0.331 e. The van der Waals surface area contributed by atoms with Crippen LogP contribution >= 0.6 is 27.3 Å². The molecule has 4 rings (SSSR count). The van der Waals surface area contributed by atoms with Crippen LogP contribution in [0.1, 0.15) is 32.0 Å². The fourth-order valence-electron chi connectivity index (χ4n) is 2.92. The average Bonchev–Trinajstić information content (AvgIpc) is 3.19. The molecule has 0 unspecified atom stereocenters. The number of thiazole rings is 1. The van der Waals surface area contributed by atoms with Crippen molar-refractivity contribution in [3.8, 4) is 6.07 Å². The van der Waals surface area contributed by atoms with Crippen molar-refractivity contribution in [2.24, 2.45) is 10.2 Å². The summed E-state index contributed by atoms with van der Waals surface area (Å²) < 4.78 is 0.271. The number of amides is 2. The maximum Gasteiger partial charge on any atom is 0.262 e. The second kappa shape index (κ2) is 7.78. The number of nitriles is 1. The maximum absolute atomic E-state index is 12.4. The molecule has 10 heteroatoms. The summed E-state index contributed by atoms with van der Waals surface area (Å²) in [6.45, 7) is 1.81. The van der Waals surface area contributed by atoms with Gasteiger partial charge in [-0.2, -0.15) is 5.26 Å². The first-order chi connectivity index (χ1) is 14.4. The molecule has 0 spiro atoms. The zero-order valence-electron chi connectivity index (χ0n) is 15.8. The van der Waals surface area contributed by atoms with E-state index in [1.807, 2.05) is 36.4 Å². The van der Waals surface area contributed by atoms with E-state index in [0.717, 1.165) is 10.6 Å². The fourth-order valence-corrected chi connectivity index (χ4v) is 4.40. The van der Waals surface area contributed by atoms with Crippen molar-refractivity contribution in [2.45, 2.75) is 6.92 Å². The van der Waals surface area contributed by atoms with E-state index < -0.39 is 11.8 Å². The zero-order chi connectivity index (χ0) is 21.4. The molecule has 1 aliphatic rings. The Morgan fingerprint density at radius 2 is 1.93 bits per heavy atom. The highest BCUT2D eigenvalue weighted by Crippen LogP contribution is 2.40. The molecule has 148 valence electrons. The van der Waals surface area contributed by atoms with E-state index in [0.29, 0.717) is 15.8 Å². The van der Waals surface area contributed by atoms with Gasteiger partial charge >= 0.3 is 0 Å². The van der Waals surface area contributed by atoms with Crippen LogP contribution < -0.4 is 5.32 Å². The predicted molar refractivity (Wildman–Crippen MR) is 116 cm³/mol. The number of para-hydroxylation sites is 1. The molecule has 0 bridgehead atoms. The number of imide groups is 1. The molecule has 2 amide bonds. The van der Waals surface area contributed by atoms with E-state index in [2.05, 4.69) is 36.5 Å². The lowest BCUT2D eigenvalue weighted by Crippen LogP contribution is -2.24. The normalized spacial score (nSPS) is 13.1. The number of aromatic nitrogens is 1. The van der Waals surface area contributed by atoms with Crippen molar-refractivity contribution in [1.82, 2.24) is 9.88 Å². The molecule has 0 saturated carbocycles. The molecule has 1 aliphatic heterocycles. The summed E-state index contributed by atoms with van der Waals surface area (Å²) in [5.74, 6) is -0.906. The lowest BCUT2D eigenvalue weighted by molar-refractivity contribution is 0.0693. The number of rotatable bonds is 4. The fraction of sp³-hybridized carbons (Fsp3) is 0.100. The number of hydrogen-bond donors (Lipinski definition) is 1. The van der Waals surface area contributed by atoms with Gasteiger partial charge in [0.2, 0.25) is 0 Å². The van der Waals surface area contributed by atoms with Gasteiger partial charge in [0.05, 0.1) is 26.9 Å². The van der Waals surface area contributed by atoms with Gasteiger partial charge in [0.15, 0.2) is 10.1 Å². The van der Waals surface area contributed by atoms with Crippen molar-refractivity contribution in [3.05, 3.63) is 63.3 Å². The molecule has 30 heavy (non-hydrogen) atoms. The first kappa shape index (κ1) is 19.9. The Labute approximate surface area is 184 Å². The Hall–Kier alpha value is -3.42. The van der Waals surface area contributed by atoms with E-state index in [1.54, 1.807) is 6.92 Å². The lowest BCUT2D eigenvalue weighted by Gasteiger charge is -2.05. The van der Waals surface area contributed by atoms with Gasteiger partial charge in [-0.15, -0.1) is 10.2 Å². The van der Waals surface area contributed by atoms with Crippen LogP contribution in [-0.2, 0) is 0 Å². The minimum absolute atomic E-state index is 0.144. The smallest absolute Gasteiger partial charge is 0.262 e. The summed E-state index contributed by atoms with van der Waals surface area (Å²) in [7, 11) is 1.40. The number of carbonyl (C=O) groups is 2. The molecule has 0 atom stereocenters. The van der Waals surface area contributed by atoms with Crippen molar-refractivity contribution < 1.29 is 9.59 Å². The Balaban J connectivity index is 1.70. The van der Waals surface area contributed by atoms with Gasteiger partial charge in [0.25, 0.3) is 11.8 Å².